The smallest absolute Gasteiger partial charge is 0.213 e. The number of allylic oxidation sites excluding steroid dienone is 1. The number of anilines is 1. The summed E-state index contributed by atoms with van der Waals surface area (Å²) >= 11 is 0. The van der Waals surface area contributed by atoms with Gasteiger partial charge in [-0.1, -0.05) is 66.7 Å². The molecule has 4 N–H and O–H groups in total. The van der Waals surface area contributed by atoms with E-state index in [-0.39, 0.29) is 12.3 Å². The summed E-state index contributed by atoms with van der Waals surface area (Å²) in [5.74, 6) is -0.0504. The minimum absolute atomic E-state index is 0.0504. The average Bonchev–Trinajstić information content (AvgIpc) is 2.83. The van der Waals surface area contributed by atoms with E-state index in [9.17, 15) is 8.42 Å². The molecule has 0 heterocycles. The highest BCUT2D eigenvalue weighted by molar-refractivity contribution is 7.89. The standard InChI is InChI=1S/C25H28N4O2S/c1-27-32(30,31)17-16-29-25-13-12-22(21-10-6-3-7-11-21)18-23(25)24(26)14-15-28-19-20-8-4-2-5-9-20/h2-15,18,26-29H,16-17,19H2,1H3/b15-14-,26-24?. The Bertz CT molecular complexity index is 1160. The highest BCUT2D eigenvalue weighted by Gasteiger charge is 2.11. The number of hydrogen-bond acceptors (Lipinski definition) is 5. The third-order valence-electron chi connectivity index (χ3n) is 4.93. The summed E-state index contributed by atoms with van der Waals surface area (Å²) in [7, 11) is -1.91. The molecule has 3 rings (SSSR count). The molecule has 0 aliphatic carbocycles. The van der Waals surface area contributed by atoms with Crippen molar-refractivity contribution < 1.29 is 8.42 Å². The summed E-state index contributed by atoms with van der Waals surface area (Å²) in [6.07, 6.45) is 3.47. The first-order valence-electron chi connectivity index (χ1n) is 10.4. The fourth-order valence-corrected chi connectivity index (χ4v) is 3.73. The minimum atomic E-state index is -3.31. The van der Waals surface area contributed by atoms with Crippen LogP contribution < -0.4 is 15.4 Å². The predicted molar refractivity (Wildman–Crippen MR) is 132 cm³/mol. The van der Waals surface area contributed by atoms with Gasteiger partial charge in [0.1, 0.15) is 0 Å². The zero-order chi connectivity index (χ0) is 22.8. The van der Waals surface area contributed by atoms with Crippen LogP contribution in [0.2, 0.25) is 0 Å². The first kappa shape index (κ1) is 23.2. The van der Waals surface area contributed by atoms with Crippen molar-refractivity contribution in [3.8, 4) is 11.1 Å². The van der Waals surface area contributed by atoms with Gasteiger partial charge in [-0.25, -0.2) is 13.1 Å². The second kappa shape index (κ2) is 11.3. The maximum Gasteiger partial charge on any atom is 0.213 e. The summed E-state index contributed by atoms with van der Waals surface area (Å²) in [6.45, 7) is 0.908. The lowest BCUT2D eigenvalue weighted by Gasteiger charge is -2.14. The molecule has 0 unspecified atom stereocenters. The van der Waals surface area contributed by atoms with Gasteiger partial charge < -0.3 is 16.0 Å². The Morgan fingerprint density at radius 3 is 2.31 bits per heavy atom. The third kappa shape index (κ3) is 6.80. The molecule has 0 spiro atoms. The zero-order valence-corrected chi connectivity index (χ0v) is 18.8. The molecule has 0 radical (unpaired) electrons. The predicted octanol–water partition coefficient (Wildman–Crippen LogP) is 3.99. The molecule has 0 saturated carbocycles. The molecule has 6 nitrogen and oxygen atoms in total. The van der Waals surface area contributed by atoms with Crippen molar-refractivity contribution in [1.29, 1.82) is 5.41 Å². The van der Waals surface area contributed by atoms with E-state index in [1.807, 2.05) is 78.9 Å². The highest BCUT2D eigenvalue weighted by atomic mass is 32.2. The van der Waals surface area contributed by atoms with Crippen molar-refractivity contribution >= 4 is 21.4 Å². The van der Waals surface area contributed by atoms with Gasteiger partial charge in [0.25, 0.3) is 0 Å². The Hall–Kier alpha value is -3.42. The lowest BCUT2D eigenvalue weighted by Crippen LogP contribution is -2.26. The van der Waals surface area contributed by atoms with E-state index in [1.54, 1.807) is 12.3 Å². The van der Waals surface area contributed by atoms with E-state index in [0.29, 0.717) is 23.5 Å². The van der Waals surface area contributed by atoms with Crippen molar-refractivity contribution in [1.82, 2.24) is 10.0 Å². The minimum Gasteiger partial charge on any atom is -0.387 e. The molecule has 32 heavy (non-hydrogen) atoms. The highest BCUT2D eigenvalue weighted by Crippen LogP contribution is 2.26. The van der Waals surface area contributed by atoms with E-state index in [4.69, 9.17) is 5.41 Å². The fraction of sp³-hybridized carbons (Fsp3) is 0.160. The largest absolute Gasteiger partial charge is 0.387 e. The summed E-state index contributed by atoms with van der Waals surface area (Å²) in [6, 6.07) is 25.8. The van der Waals surface area contributed by atoms with Gasteiger partial charge in [0.2, 0.25) is 10.0 Å². The Balaban J connectivity index is 1.77. The Kier molecular flexibility index (Phi) is 8.19. The van der Waals surface area contributed by atoms with Crippen LogP contribution in [0, 0.1) is 5.41 Å². The van der Waals surface area contributed by atoms with Crippen LogP contribution in [0.25, 0.3) is 11.1 Å². The second-order valence-electron chi connectivity index (χ2n) is 7.19. The van der Waals surface area contributed by atoms with Gasteiger partial charge in [-0.2, -0.15) is 0 Å². The molecule has 0 bridgehead atoms. The summed E-state index contributed by atoms with van der Waals surface area (Å²) in [5.41, 5.74) is 4.94. The quantitative estimate of drug-likeness (QED) is 0.334. The molecule has 0 aliphatic rings. The van der Waals surface area contributed by atoms with Gasteiger partial charge in [-0.15, -0.1) is 0 Å². The van der Waals surface area contributed by atoms with Gasteiger partial charge in [0.05, 0.1) is 11.5 Å². The second-order valence-corrected chi connectivity index (χ2v) is 9.24. The van der Waals surface area contributed by atoms with Crippen LogP contribution in [0.4, 0.5) is 5.69 Å². The molecule has 3 aromatic rings. The van der Waals surface area contributed by atoms with Crippen molar-refractivity contribution in [2.75, 3.05) is 24.7 Å². The van der Waals surface area contributed by atoms with Crippen molar-refractivity contribution in [3.63, 3.8) is 0 Å². The molecule has 0 aliphatic heterocycles. The van der Waals surface area contributed by atoms with Crippen LogP contribution in [0.1, 0.15) is 11.1 Å². The monoisotopic (exact) mass is 448 g/mol. The SMILES string of the molecule is CNS(=O)(=O)CCNc1ccc(-c2ccccc2)cc1C(=N)/C=C\NCc1ccccc1. The summed E-state index contributed by atoms with van der Waals surface area (Å²) in [4.78, 5) is 0. The van der Waals surface area contributed by atoms with E-state index >= 15 is 0 Å². The third-order valence-corrected chi connectivity index (χ3v) is 6.29. The zero-order valence-electron chi connectivity index (χ0n) is 18.0. The molecule has 0 fully saturated rings. The Morgan fingerprint density at radius 2 is 1.62 bits per heavy atom. The summed E-state index contributed by atoms with van der Waals surface area (Å²) in [5, 5.41) is 15.0. The van der Waals surface area contributed by atoms with Crippen LogP contribution in [-0.4, -0.2) is 33.5 Å². The molecular formula is C25H28N4O2S. The van der Waals surface area contributed by atoms with Gasteiger partial charge in [0, 0.05) is 24.3 Å². The average molecular weight is 449 g/mol. The number of benzene rings is 3. The normalized spacial score (nSPS) is 11.4. The Labute approximate surface area is 190 Å². The molecule has 0 saturated heterocycles. The molecule has 166 valence electrons. The van der Waals surface area contributed by atoms with Crippen LogP contribution in [0.15, 0.2) is 91.1 Å². The van der Waals surface area contributed by atoms with E-state index < -0.39 is 10.0 Å². The summed E-state index contributed by atoms with van der Waals surface area (Å²) < 4.78 is 25.8. The van der Waals surface area contributed by atoms with E-state index in [2.05, 4.69) is 15.4 Å². The number of nitrogens with one attached hydrogen (secondary N) is 4. The maximum absolute atomic E-state index is 11.7. The van der Waals surface area contributed by atoms with Gasteiger partial charge in [-0.05, 0) is 48.1 Å². The van der Waals surface area contributed by atoms with E-state index in [1.165, 1.54) is 7.05 Å². The molecule has 0 aromatic heterocycles. The number of hydrogen-bond donors (Lipinski definition) is 4. The molecule has 3 aromatic carbocycles. The van der Waals surface area contributed by atoms with E-state index in [0.717, 1.165) is 16.7 Å². The Morgan fingerprint density at radius 1 is 0.938 bits per heavy atom. The topological polar surface area (TPSA) is 94.1 Å². The van der Waals surface area contributed by atoms with Gasteiger partial charge in [0.15, 0.2) is 0 Å². The lowest BCUT2D eigenvalue weighted by atomic mass is 9.99. The van der Waals surface area contributed by atoms with Crippen LogP contribution in [0.3, 0.4) is 0 Å². The van der Waals surface area contributed by atoms with Crippen LogP contribution in [0.5, 0.6) is 0 Å². The lowest BCUT2D eigenvalue weighted by molar-refractivity contribution is 0.588. The van der Waals surface area contributed by atoms with Crippen molar-refractivity contribution in [3.05, 3.63) is 102 Å². The fourth-order valence-electron chi connectivity index (χ4n) is 3.16. The van der Waals surface area contributed by atoms with Crippen molar-refractivity contribution in [2.24, 2.45) is 0 Å². The van der Waals surface area contributed by atoms with Crippen LogP contribution >= 0.6 is 0 Å². The number of sulfonamides is 1. The van der Waals surface area contributed by atoms with Crippen LogP contribution in [-0.2, 0) is 16.6 Å². The van der Waals surface area contributed by atoms with Gasteiger partial charge >= 0.3 is 0 Å². The van der Waals surface area contributed by atoms with Gasteiger partial charge in [-0.3, -0.25) is 0 Å². The first-order valence-corrected chi connectivity index (χ1v) is 12.0. The first-order chi connectivity index (χ1) is 15.5. The molecule has 7 heteroatoms. The maximum atomic E-state index is 11.7. The molecule has 0 amide bonds. The molecular weight excluding hydrogens is 420 g/mol. The number of rotatable bonds is 11. The van der Waals surface area contributed by atoms with Crippen molar-refractivity contribution in [2.45, 2.75) is 6.54 Å². The molecule has 0 atom stereocenters.